The molecular weight excluding hydrogens is 172 g/mol. The van der Waals surface area contributed by atoms with E-state index in [0.717, 1.165) is 12.2 Å². The fourth-order valence-electron chi connectivity index (χ4n) is 1.02. The lowest BCUT2D eigenvalue weighted by Crippen LogP contribution is -1.97. The molecule has 2 nitrogen and oxygen atoms in total. The number of rotatable bonds is 4. The maximum Gasteiger partial charge on any atom is 0.0313 e. The van der Waals surface area contributed by atoms with Crippen LogP contribution in [0.2, 0.25) is 0 Å². The summed E-state index contributed by atoms with van der Waals surface area (Å²) in [6, 6.07) is 9.49. The van der Waals surface area contributed by atoms with Gasteiger partial charge in [0.05, 0.1) is 0 Å². The highest BCUT2D eigenvalue weighted by Gasteiger charge is 1.80. The SMILES string of the molecule is CCCCCCN.Nc1ccccc1. The molecule has 1 aromatic carbocycles. The Hall–Kier alpha value is -1.02. The topological polar surface area (TPSA) is 52.0 Å². The van der Waals surface area contributed by atoms with Crippen molar-refractivity contribution in [2.75, 3.05) is 12.3 Å². The van der Waals surface area contributed by atoms with Gasteiger partial charge in [-0.25, -0.2) is 0 Å². The molecule has 1 aromatic rings. The minimum atomic E-state index is 0.822. The summed E-state index contributed by atoms with van der Waals surface area (Å²) in [6.45, 7) is 3.07. The van der Waals surface area contributed by atoms with Crippen molar-refractivity contribution in [1.82, 2.24) is 0 Å². The standard InChI is InChI=1S/C6H7N.C6H15N/c7-6-4-2-1-3-5-6;1-2-3-4-5-6-7/h1-5H,7H2;2-7H2,1H3. The fraction of sp³-hybridized carbons (Fsp3) is 0.500. The molecule has 4 N–H and O–H groups in total. The average Bonchev–Trinajstić information content (AvgIpc) is 2.21. The summed E-state index contributed by atoms with van der Waals surface area (Å²) in [5, 5.41) is 0. The minimum absolute atomic E-state index is 0.822. The summed E-state index contributed by atoms with van der Waals surface area (Å²) in [4.78, 5) is 0. The van der Waals surface area contributed by atoms with Gasteiger partial charge in [0, 0.05) is 5.69 Å². The van der Waals surface area contributed by atoms with Gasteiger partial charge in [0.2, 0.25) is 0 Å². The number of nitrogens with two attached hydrogens (primary N) is 2. The van der Waals surface area contributed by atoms with Gasteiger partial charge in [0.15, 0.2) is 0 Å². The number of para-hydroxylation sites is 1. The molecule has 0 bridgehead atoms. The average molecular weight is 194 g/mol. The third-order valence-electron chi connectivity index (χ3n) is 1.86. The van der Waals surface area contributed by atoms with Gasteiger partial charge in [-0.2, -0.15) is 0 Å². The molecule has 0 amide bonds. The number of benzene rings is 1. The van der Waals surface area contributed by atoms with Crippen LogP contribution in [0.15, 0.2) is 30.3 Å². The summed E-state index contributed by atoms with van der Waals surface area (Å²) in [5.74, 6) is 0. The number of hydrogen-bond donors (Lipinski definition) is 2. The van der Waals surface area contributed by atoms with Crippen molar-refractivity contribution < 1.29 is 0 Å². The zero-order chi connectivity index (χ0) is 10.6. The van der Waals surface area contributed by atoms with Crippen LogP contribution < -0.4 is 11.5 Å². The molecule has 0 heterocycles. The van der Waals surface area contributed by atoms with E-state index >= 15 is 0 Å². The first-order valence-corrected chi connectivity index (χ1v) is 5.31. The van der Waals surface area contributed by atoms with Crippen LogP contribution in [0.4, 0.5) is 5.69 Å². The van der Waals surface area contributed by atoms with Gasteiger partial charge in [-0.3, -0.25) is 0 Å². The summed E-state index contributed by atoms with van der Waals surface area (Å²) in [6.07, 6.45) is 5.16. The summed E-state index contributed by atoms with van der Waals surface area (Å²) >= 11 is 0. The molecule has 80 valence electrons. The Morgan fingerprint density at radius 2 is 1.64 bits per heavy atom. The molecule has 0 aliphatic carbocycles. The minimum Gasteiger partial charge on any atom is -0.399 e. The number of nitrogen functional groups attached to an aromatic ring is 1. The Morgan fingerprint density at radius 1 is 1.00 bits per heavy atom. The highest BCUT2D eigenvalue weighted by Crippen LogP contribution is 1.96. The summed E-state index contributed by atoms with van der Waals surface area (Å²) < 4.78 is 0. The number of hydrogen-bond acceptors (Lipinski definition) is 2. The van der Waals surface area contributed by atoms with Crippen LogP contribution in [-0.4, -0.2) is 6.54 Å². The second-order valence-corrected chi connectivity index (χ2v) is 3.26. The predicted molar refractivity (Wildman–Crippen MR) is 64.1 cm³/mol. The van der Waals surface area contributed by atoms with Crippen molar-refractivity contribution in [2.45, 2.75) is 32.6 Å². The van der Waals surface area contributed by atoms with Crippen LogP contribution in [-0.2, 0) is 0 Å². The van der Waals surface area contributed by atoms with E-state index in [2.05, 4.69) is 6.92 Å². The van der Waals surface area contributed by atoms with E-state index in [0.29, 0.717) is 0 Å². The number of unbranched alkanes of at least 4 members (excludes halogenated alkanes) is 3. The molecule has 0 atom stereocenters. The third-order valence-corrected chi connectivity index (χ3v) is 1.86. The van der Waals surface area contributed by atoms with Crippen LogP contribution in [0.1, 0.15) is 32.6 Å². The van der Waals surface area contributed by atoms with Crippen molar-refractivity contribution >= 4 is 5.69 Å². The first-order valence-electron chi connectivity index (χ1n) is 5.31. The van der Waals surface area contributed by atoms with Crippen molar-refractivity contribution in [3.8, 4) is 0 Å². The van der Waals surface area contributed by atoms with Crippen LogP contribution in [0, 0.1) is 0 Å². The van der Waals surface area contributed by atoms with Crippen molar-refractivity contribution in [1.29, 1.82) is 0 Å². The number of anilines is 1. The first-order chi connectivity index (χ1) is 6.81. The van der Waals surface area contributed by atoms with E-state index in [-0.39, 0.29) is 0 Å². The summed E-state index contributed by atoms with van der Waals surface area (Å²) in [5.41, 5.74) is 11.4. The van der Waals surface area contributed by atoms with E-state index in [1.807, 2.05) is 30.3 Å². The highest BCUT2D eigenvalue weighted by molar-refractivity contribution is 5.35. The quantitative estimate of drug-likeness (QED) is 0.572. The zero-order valence-electron chi connectivity index (χ0n) is 9.08. The predicted octanol–water partition coefficient (Wildman–Crippen LogP) is 2.79. The molecule has 0 fully saturated rings. The molecule has 0 unspecified atom stereocenters. The molecule has 0 spiro atoms. The van der Waals surface area contributed by atoms with Gasteiger partial charge in [-0.15, -0.1) is 0 Å². The van der Waals surface area contributed by atoms with Gasteiger partial charge in [0.25, 0.3) is 0 Å². The summed E-state index contributed by atoms with van der Waals surface area (Å²) in [7, 11) is 0. The van der Waals surface area contributed by atoms with Crippen LogP contribution in [0.5, 0.6) is 0 Å². The Labute approximate surface area is 87.3 Å². The van der Waals surface area contributed by atoms with Crippen molar-refractivity contribution in [2.24, 2.45) is 5.73 Å². The lowest BCUT2D eigenvalue weighted by Gasteiger charge is -1.90. The van der Waals surface area contributed by atoms with Crippen molar-refractivity contribution in [3.63, 3.8) is 0 Å². The molecule has 0 radical (unpaired) electrons. The fourth-order valence-corrected chi connectivity index (χ4v) is 1.02. The molecule has 14 heavy (non-hydrogen) atoms. The van der Waals surface area contributed by atoms with E-state index < -0.39 is 0 Å². The second-order valence-electron chi connectivity index (χ2n) is 3.26. The normalized spacial score (nSPS) is 9.00. The Morgan fingerprint density at radius 3 is 2.00 bits per heavy atom. The van der Waals surface area contributed by atoms with Gasteiger partial charge >= 0.3 is 0 Å². The molecule has 0 aliphatic rings. The maximum absolute atomic E-state index is 5.36. The first kappa shape index (κ1) is 13.0. The largest absolute Gasteiger partial charge is 0.399 e. The molecule has 0 saturated heterocycles. The lowest BCUT2D eigenvalue weighted by molar-refractivity contribution is 0.674. The van der Waals surface area contributed by atoms with Gasteiger partial charge in [0.1, 0.15) is 0 Å². The van der Waals surface area contributed by atoms with E-state index in [1.54, 1.807) is 0 Å². The highest BCUT2D eigenvalue weighted by atomic mass is 14.5. The van der Waals surface area contributed by atoms with Crippen LogP contribution in [0.25, 0.3) is 0 Å². The monoisotopic (exact) mass is 194 g/mol. The van der Waals surface area contributed by atoms with E-state index in [9.17, 15) is 0 Å². The molecule has 2 heteroatoms. The van der Waals surface area contributed by atoms with Crippen LogP contribution in [0.3, 0.4) is 0 Å². The molecule has 0 saturated carbocycles. The van der Waals surface area contributed by atoms with Crippen molar-refractivity contribution in [3.05, 3.63) is 30.3 Å². The Bertz CT molecular complexity index is 193. The molecular formula is C12H22N2. The maximum atomic E-state index is 5.36. The lowest BCUT2D eigenvalue weighted by atomic mass is 10.2. The Balaban J connectivity index is 0.000000241. The van der Waals surface area contributed by atoms with Gasteiger partial charge in [-0.05, 0) is 25.1 Å². The van der Waals surface area contributed by atoms with Crippen LogP contribution >= 0.6 is 0 Å². The van der Waals surface area contributed by atoms with Gasteiger partial charge in [-0.1, -0.05) is 44.4 Å². The molecule has 1 rings (SSSR count). The van der Waals surface area contributed by atoms with E-state index in [1.165, 1.54) is 25.7 Å². The molecule has 0 aromatic heterocycles. The van der Waals surface area contributed by atoms with Gasteiger partial charge < -0.3 is 11.5 Å². The second kappa shape index (κ2) is 10.1. The Kier molecular flexibility index (Phi) is 9.33. The smallest absolute Gasteiger partial charge is 0.0313 e. The third kappa shape index (κ3) is 9.07. The van der Waals surface area contributed by atoms with E-state index in [4.69, 9.17) is 11.5 Å². The molecule has 0 aliphatic heterocycles. The zero-order valence-corrected chi connectivity index (χ0v) is 9.08.